The highest BCUT2D eigenvalue weighted by atomic mass is 79.9. The van der Waals surface area contributed by atoms with Gasteiger partial charge in [0.1, 0.15) is 24.0 Å². The van der Waals surface area contributed by atoms with Crippen LogP contribution in [0.5, 0.6) is 5.75 Å². The Morgan fingerprint density at radius 1 is 1.07 bits per heavy atom. The van der Waals surface area contributed by atoms with Crippen LogP contribution in [-0.2, 0) is 11.4 Å². The van der Waals surface area contributed by atoms with Gasteiger partial charge in [-0.25, -0.2) is 4.39 Å². The smallest absolute Gasteiger partial charge is 0.162 e. The number of anilines is 1. The van der Waals surface area contributed by atoms with Crippen molar-refractivity contribution in [3.8, 4) is 11.8 Å². The molecule has 1 heterocycles. The van der Waals surface area contributed by atoms with Crippen molar-refractivity contribution in [2.24, 2.45) is 11.1 Å². The van der Waals surface area contributed by atoms with Gasteiger partial charge in [0.05, 0.1) is 23.2 Å². The van der Waals surface area contributed by atoms with Crippen molar-refractivity contribution in [1.82, 2.24) is 0 Å². The number of hydrogen-bond acceptors (Lipinski definition) is 5. The van der Waals surface area contributed by atoms with Gasteiger partial charge < -0.3 is 10.5 Å². The van der Waals surface area contributed by atoms with E-state index in [1.54, 1.807) is 17.0 Å². The molecule has 1 atom stereocenters. The lowest BCUT2D eigenvalue weighted by atomic mass is 9.68. The fourth-order valence-electron chi connectivity index (χ4n) is 5.97. The van der Waals surface area contributed by atoms with E-state index < -0.39 is 11.7 Å². The minimum Gasteiger partial charge on any atom is -0.489 e. The molecule has 210 valence electrons. The predicted octanol–water partition coefficient (Wildman–Crippen LogP) is 8.03. The maximum atomic E-state index is 15.4. The van der Waals surface area contributed by atoms with Gasteiger partial charge in [0.15, 0.2) is 5.78 Å². The number of Topliss-reactive ketones (excluding diaryl/α,β-unsaturated/α-hetero) is 1. The van der Waals surface area contributed by atoms with E-state index >= 15 is 4.39 Å². The number of nitrogens with zero attached hydrogens (tertiary/aromatic N) is 2. The highest BCUT2D eigenvalue weighted by Crippen LogP contribution is 2.51. The number of halogens is 2. The average Bonchev–Trinajstić information content (AvgIpc) is 2.89. The van der Waals surface area contributed by atoms with Crippen molar-refractivity contribution in [2.45, 2.75) is 60.0 Å². The van der Waals surface area contributed by atoms with Gasteiger partial charge in [0.25, 0.3) is 0 Å². The summed E-state index contributed by atoms with van der Waals surface area (Å²) in [5, 5.41) is 10.5. The topological polar surface area (TPSA) is 79.3 Å². The van der Waals surface area contributed by atoms with Crippen molar-refractivity contribution in [1.29, 1.82) is 5.26 Å². The Labute approximate surface area is 249 Å². The molecule has 0 radical (unpaired) electrons. The van der Waals surface area contributed by atoms with Crippen LogP contribution in [0.25, 0.3) is 0 Å². The molecule has 0 saturated carbocycles. The lowest BCUT2D eigenvalue weighted by Gasteiger charge is -2.44. The summed E-state index contributed by atoms with van der Waals surface area (Å²) in [5.41, 5.74) is 12.9. The molecule has 0 spiro atoms. The molecule has 0 amide bonds. The molecule has 1 unspecified atom stereocenters. The van der Waals surface area contributed by atoms with E-state index in [4.69, 9.17) is 10.5 Å². The molecule has 41 heavy (non-hydrogen) atoms. The average molecular weight is 615 g/mol. The Hall–Kier alpha value is -3.89. The number of nitriles is 1. The van der Waals surface area contributed by atoms with Crippen molar-refractivity contribution < 1.29 is 13.9 Å². The Morgan fingerprint density at radius 3 is 2.44 bits per heavy atom. The first-order valence-corrected chi connectivity index (χ1v) is 14.4. The molecule has 0 fully saturated rings. The third kappa shape index (κ3) is 5.41. The number of carbonyl (C=O) groups is 1. The number of ether oxygens (including phenoxy) is 1. The quantitative estimate of drug-likeness (QED) is 0.315. The van der Waals surface area contributed by atoms with Crippen LogP contribution in [0.15, 0.2) is 81.7 Å². The van der Waals surface area contributed by atoms with Crippen LogP contribution >= 0.6 is 15.9 Å². The summed E-state index contributed by atoms with van der Waals surface area (Å²) < 4.78 is 22.1. The zero-order valence-corrected chi connectivity index (χ0v) is 25.5. The Bertz CT molecular complexity index is 1660. The van der Waals surface area contributed by atoms with Gasteiger partial charge in [0, 0.05) is 22.2 Å². The number of carbonyl (C=O) groups excluding carboxylic acids is 1. The Kier molecular flexibility index (Phi) is 7.56. The third-order valence-electron chi connectivity index (χ3n) is 7.96. The Morgan fingerprint density at radius 2 is 1.78 bits per heavy atom. The van der Waals surface area contributed by atoms with E-state index in [0.717, 1.165) is 33.6 Å². The Balaban J connectivity index is 1.68. The van der Waals surface area contributed by atoms with Gasteiger partial charge in [-0.1, -0.05) is 65.2 Å². The molecule has 2 N–H and O–H groups in total. The molecular formula is C34H33BrFN3O2. The maximum absolute atomic E-state index is 15.4. The second-order valence-corrected chi connectivity index (χ2v) is 12.7. The second-order valence-electron chi connectivity index (χ2n) is 11.8. The zero-order valence-electron chi connectivity index (χ0n) is 23.9. The summed E-state index contributed by atoms with van der Waals surface area (Å²) in [6, 6.07) is 19.0. The lowest BCUT2D eigenvalue weighted by Crippen LogP contribution is -2.42. The van der Waals surface area contributed by atoms with Crippen LogP contribution in [0, 0.1) is 43.3 Å². The number of aryl methyl sites for hydroxylation is 2. The summed E-state index contributed by atoms with van der Waals surface area (Å²) >= 11 is 3.32. The van der Waals surface area contributed by atoms with E-state index in [0.29, 0.717) is 35.2 Å². The van der Waals surface area contributed by atoms with Crippen LogP contribution in [-0.4, -0.2) is 5.78 Å². The molecule has 5 nitrogen and oxygen atoms in total. The summed E-state index contributed by atoms with van der Waals surface area (Å²) in [6.07, 6.45) is 0.833. The first kappa shape index (κ1) is 28.6. The number of rotatable bonds is 5. The highest BCUT2D eigenvalue weighted by molar-refractivity contribution is 9.10. The van der Waals surface area contributed by atoms with Crippen LogP contribution in [0.1, 0.15) is 60.4 Å². The molecule has 1 aliphatic carbocycles. The first-order chi connectivity index (χ1) is 19.4. The van der Waals surface area contributed by atoms with Gasteiger partial charge in [-0.15, -0.1) is 0 Å². The molecule has 5 rings (SSSR count). The summed E-state index contributed by atoms with van der Waals surface area (Å²) in [4.78, 5) is 15.5. The van der Waals surface area contributed by atoms with Crippen molar-refractivity contribution in [2.75, 3.05) is 4.90 Å². The SMILES string of the molecule is Cc1ccc(OCc2cc(C)cc(C3C(C#N)=C(N)N(c4ccc(Br)cc4F)C4=C3C(=O)CC(C)(C)C4)c2C)cc1. The van der Waals surface area contributed by atoms with Crippen LogP contribution in [0.3, 0.4) is 0 Å². The van der Waals surface area contributed by atoms with E-state index in [1.165, 1.54) is 6.07 Å². The first-order valence-electron chi connectivity index (χ1n) is 13.6. The van der Waals surface area contributed by atoms with Crippen molar-refractivity contribution >= 4 is 27.4 Å². The highest BCUT2D eigenvalue weighted by Gasteiger charge is 2.45. The molecule has 0 aromatic heterocycles. The number of hydrogen-bond donors (Lipinski definition) is 1. The largest absolute Gasteiger partial charge is 0.489 e. The fourth-order valence-corrected chi connectivity index (χ4v) is 6.30. The van der Waals surface area contributed by atoms with E-state index in [-0.39, 0.29) is 28.3 Å². The molecule has 3 aromatic rings. The molecule has 0 bridgehead atoms. The van der Waals surface area contributed by atoms with Crippen molar-refractivity contribution in [3.63, 3.8) is 0 Å². The van der Waals surface area contributed by atoms with Crippen LogP contribution < -0.4 is 15.4 Å². The normalized spacial score (nSPS) is 18.3. The number of nitrogens with two attached hydrogens (primary N) is 1. The van der Waals surface area contributed by atoms with E-state index in [9.17, 15) is 10.1 Å². The third-order valence-corrected chi connectivity index (χ3v) is 8.45. The van der Waals surface area contributed by atoms with Gasteiger partial charge in [0.2, 0.25) is 0 Å². The number of benzene rings is 3. The van der Waals surface area contributed by atoms with Crippen LogP contribution in [0.4, 0.5) is 10.1 Å². The molecule has 3 aromatic carbocycles. The van der Waals surface area contributed by atoms with E-state index in [1.807, 2.05) is 65.0 Å². The van der Waals surface area contributed by atoms with E-state index in [2.05, 4.69) is 28.1 Å². The molecule has 2 aliphatic rings. The number of ketones is 1. The summed E-state index contributed by atoms with van der Waals surface area (Å²) in [7, 11) is 0. The van der Waals surface area contributed by atoms with Gasteiger partial charge in [-0.05, 0) is 79.6 Å². The molecule has 7 heteroatoms. The predicted molar refractivity (Wildman–Crippen MR) is 163 cm³/mol. The lowest BCUT2D eigenvalue weighted by molar-refractivity contribution is -0.118. The molecule has 1 aliphatic heterocycles. The summed E-state index contributed by atoms with van der Waals surface area (Å²) in [5.74, 6) is -0.308. The molecular weight excluding hydrogens is 581 g/mol. The van der Waals surface area contributed by atoms with Gasteiger partial charge in [-0.3, -0.25) is 9.69 Å². The number of allylic oxidation sites excluding steroid dienone is 3. The zero-order chi connectivity index (χ0) is 29.6. The van der Waals surface area contributed by atoms with Crippen LogP contribution in [0.2, 0.25) is 0 Å². The maximum Gasteiger partial charge on any atom is 0.162 e. The monoisotopic (exact) mass is 613 g/mol. The fraction of sp³-hybridized carbons (Fsp3) is 0.294. The standard InChI is InChI=1S/C34H33BrFN3O2/c1-19-6-9-24(10-7-19)41-18-22-12-20(2)13-25(21(22)3)31-26(17-37)33(38)39(28-11-8-23(35)14-27(28)36)29-15-34(4,5)16-30(40)32(29)31/h6-14,31H,15-16,18,38H2,1-5H3. The van der Waals surface area contributed by atoms with Gasteiger partial charge >= 0.3 is 0 Å². The molecule has 0 saturated heterocycles. The second kappa shape index (κ2) is 10.8. The summed E-state index contributed by atoms with van der Waals surface area (Å²) in [6.45, 7) is 10.4. The minimum atomic E-state index is -0.661. The minimum absolute atomic E-state index is 0.0534. The van der Waals surface area contributed by atoms with Crippen molar-refractivity contribution in [3.05, 3.63) is 115 Å². The van der Waals surface area contributed by atoms with Gasteiger partial charge in [-0.2, -0.15) is 5.26 Å².